The van der Waals surface area contributed by atoms with Gasteiger partial charge in [0.05, 0.1) is 7.11 Å². The van der Waals surface area contributed by atoms with Gasteiger partial charge in [0.2, 0.25) is 0 Å². The molecule has 0 atom stereocenters. The van der Waals surface area contributed by atoms with Crippen molar-refractivity contribution in [3.05, 3.63) is 14.5 Å². The predicted octanol–water partition coefficient (Wildman–Crippen LogP) is 2.88. The molecule has 6 heteroatoms. The van der Waals surface area contributed by atoms with Crippen LogP contribution < -0.4 is 4.57 Å². The number of thiazole rings is 1. The summed E-state index contributed by atoms with van der Waals surface area (Å²) >= 11 is 13.1. The molecule has 3 nitrogen and oxygen atoms in total. The lowest BCUT2D eigenvalue weighted by molar-refractivity contribution is -0.749. The fourth-order valence-electron chi connectivity index (χ4n) is 1.17. The van der Waals surface area contributed by atoms with Crippen molar-refractivity contribution in [1.82, 2.24) is 0 Å². The number of rotatable bonds is 1. The summed E-state index contributed by atoms with van der Waals surface area (Å²) in [5.41, 5.74) is -0.315. The second-order valence-electron chi connectivity index (χ2n) is 3.97. The second kappa shape index (κ2) is 4.28. The standard InChI is InChI=1S/C9H12Cl2NO2S/c1-9(2,3)12-5(10)6(11)15-7(12)8(13)14-4/h1-4H3/q+1. The monoisotopic (exact) mass is 268 g/mol. The molecule has 0 fully saturated rings. The van der Waals surface area contributed by atoms with Gasteiger partial charge < -0.3 is 4.74 Å². The maximum atomic E-state index is 11.5. The maximum absolute atomic E-state index is 11.5. The van der Waals surface area contributed by atoms with E-state index in [1.807, 2.05) is 20.8 Å². The highest BCUT2D eigenvalue weighted by Crippen LogP contribution is 2.29. The van der Waals surface area contributed by atoms with Gasteiger partial charge in [0.1, 0.15) is 0 Å². The average Bonchev–Trinajstić information content (AvgIpc) is 2.41. The van der Waals surface area contributed by atoms with Gasteiger partial charge in [-0.05, 0) is 22.9 Å². The Hall–Kier alpha value is -0.320. The quantitative estimate of drug-likeness (QED) is 0.579. The van der Waals surface area contributed by atoms with E-state index in [1.54, 1.807) is 4.57 Å². The number of carbonyl (C=O) groups is 1. The van der Waals surface area contributed by atoms with Gasteiger partial charge in [-0.3, -0.25) is 0 Å². The van der Waals surface area contributed by atoms with Crippen molar-refractivity contribution in [1.29, 1.82) is 0 Å². The zero-order chi connectivity index (χ0) is 11.8. The van der Waals surface area contributed by atoms with Crippen molar-refractivity contribution in [2.75, 3.05) is 7.11 Å². The van der Waals surface area contributed by atoms with Crippen molar-refractivity contribution < 1.29 is 14.1 Å². The highest BCUT2D eigenvalue weighted by Gasteiger charge is 2.38. The van der Waals surface area contributed by atoms with E-state index in [0.29, 0.717) is 14.5 Å². The molecule has 0 aliphatic rings. The zero-order valence-corrected chi connectivity index (χ0v) is 11.3. The third kappa shape index (κ3) is 2.44. The summed E-state index contributed by atoms with van der Waals surface area (Å²) in [5.74, 6) is -0.427. The maximum Gasteiger partial charge on any atom is 0.415 e. The normalized spacial score (nSPS) is 11.6. The average molecular weight is 269 g/mol. The summed E-state index contributed by atoms with van der Waals surface area (Å²) in [7, 11) is 1.33. The van der Waals surface area contributed by atoms with Gasteiger partial charge in [-0.1, -0.05) is 11.6 Å². The van der Waals surface area contributed by atoms with E-state index in [4.69, 9.17) is 23.2 Å². The van der Waals surface area contributed by atoms with Gasteiger partial charge in [-0.2, -0.15) is 4.57 Å². The van der Waals surface area contributed by atoms with Gasteiger partial charge in [-0.15, -0.1) is 0 Å². The van der Waals surface area contributed by atoms with E-state index >= 15 is 0 Å². The highest BCUT2D eigenvalue weighted by molar-refractivity contribution is 7.17. The molecule has 0 aliphatic carbocycles. The lowest BCUT2D eigenvalue weighted by Gasteiger charge is -2.12. The molecule has 1 heterocycles. The molecule has 84 valence electrons. The van der Waals surface area contributed by atoms with Crippen LogP contribution in [0.2, 0.25) is 9.49 Å². The Balaban J connectivity index is 3.41. The minimum absolute atomic E-state index is 0.315. The molecule has 1 aromatic rings. The van der Waals surface area contributed by atoms with Crippen molar-refractivity contribution in [3.8, 4) is 0 Å². The molecule has 0 amide bonds. The number of nitrogens with zero attached hydrogens (tertiary/aromatic N) is 1. The van der Waals surface area contributed by atoms with Gasteiger partial charge in [-0.25, -0.2) is 4.79 Å². The number of aromatic nitrogens is 1. The summed E-state index contributed by atoms with van der Waals surface area (Å²) in [6.45, 7) is 5.82. The fraction of sp³-hybridized carbons (Fsp3) is 0.556. The Morgan fingerprint density at radius 1 is 1.40 bits per heavy atom. The van der Waals surface area contributed by atoms with E-state index in [1.165, 1.54) is 7.11 Å². The Morgan fingerprint density at radius 3 is 2.33 bits per heavy atom. The first kappa shape index (κ1) is 12.7. The summed E-state index contributed by atoms with van der Waals surface area (Å²) in [4.78, 5) is 11.5. The van der Waals surface area contributed by atoms with Crippen LogP contribution in [-0.2, 0) is 10.3 Å². The summed E-state index contributed by atoms with van der Waals surface area (Å²) < 4.78 is 6.74. The molecule has 0 radical (unpaired) electrons. The number of hydrogen-bond donors (Lipinski definition) is 0. The first-order valence-electron chi connectivity index (χ1n) is 4.27. The van der Waals surface area contributed by atoms with Crippen LogP contribution in [0.15, 0.2) is 0 Å². The van der Waals surface area contributed by atoms with Crippen LogP contribution in [0.25, 0.3) is 0 Å². The summed E-state index contributed by atoms with van der Waals surface area (Å²) in [6, 6.07) is 0. The molecule has 0 bridgehead atoms. The largest absolute Gasteiger partial charge is 0.460 e. The number of carbonyl (C=O) groups excluding carboxylic acids is 1. The first-order valence-corrected chi connectivity index (χ1v) is 5.85. The van der Waals surface area contributed by atoms with E-state index in [2.05, 4.69) is 4.74 Å². The van der Waals surface area contributed by atoms with Crippen molar-refractivity contribution in [2.45, 2.75) is 26.3 Å². The van der Waals surface area contributed by atoms with Crippen LogP contribution in [0.3, 0.4) is 0 Å². The number of ether oxygens (including phenoxy) is 1. The first-order chi connectivity index (χ1) is 6.79. The molecule has 1 rings (SSSR count). The van der Waals surface area contributed by atoms with E-state index < -0.39 is 5.97 Å². The lowest BCUT2D eigenvalue weighted by Crippen LogP contribution is -2.53. The van der Waals surface area contributed by atoms with Gasteiger partial charge in [0.25, 0.3) is 0 Å². The van der Waals surface area contributed by atoms with Crippen LogP contribution >= 0.6 is 34.5 Å². The van der Waals surface area contributed by atoms with E-state index in [-0.39, 0.29) is 5.54 Å². The third-order valence-corrected chi connectivity index (χ3v) is 3.67. The minimum atomic E-state index is -0.427. The molecule has 0 N–H and O–H groups in total. The van der Waals surface area contributed by atoms with Crippen LogP contribution in [0.5, 0.6) is 0 Å². The summed E-state index contributed by atoms with van der Waals surface area (Å²) in [6.07, 6.45) is 0. The number of hydrogen-bond acceptors (Lipinski definition) is 3. The molecule has 0 saturated heterocycles. The fourth-order valence-corrected chi connectivity index (χ4v) is 2.95. The Bertz CT molecular complexity index is 396. The molecular weight excluding hydrogens is 257 g/mol. The SMILES string of the molecule is COC(=O)c1sc(Cl)c(Cl)[n+]1C(C)(C)C. The predicted molar refractivity (Wildman–Crippen MR) is 60.9 cm³/mol. The van der Waals surface area contributed by atoms with Gasteiger partial charge >= 0.3 is 16.1 Å². The molecule has 15 heavy (non-hydrogen) atoms. The number of esters is 1. The molecule has 0 unspecified atom stereocenters. The van der Waals surface area contributed by atoms with Gasteiger partial charge in [0.15, 0.2) is 9.88 Å². The van der Waals surface area contributed by atoms with Crippen molar-refractivity contribution in [2.24, 2.45) is 0 Å². The molecule has 0 spiro atoms. The minimum Gasteiger partial charge on any atom is -0.460 e. The third-order valence-electron chi connectivity index (χ3n) is 1.78. The molecule has 0 aliphatic heterocycles. The van der Waals surface area contributed by atoms with Crippen LogP contribution in [0.1, 0.15) is 30.6 Å². The van der Waals surface area contributed by atoms with Crippen LogP contribution in [-0.4, -0.2) is 13.1 Å². The highest BCUT2D eigenvalue weighted by atomic mass is 35.5. The van der Waals surface area contributed by atoms with Crippen molar-refractivity contribution in [3.63, 3.8) is 0 Å². The molecular formula is C9H12Cl2NO2S+. The number of methoxy groups -OCH3 is 1. The number of halogens is 2. The smallest absolute Gasteiger partial charge is 0.415 e. The van der Waals surface area contributed by atoms with Crippen LogP contribution in [0, 0.1) is 0 Å². The summed E-state index contributed by atoms with van der Waals surface area (Å²) in [5, 5.41) is 0.773. The van der Waals surface area contributed by atoms with Crippen LogP contribution in [0.4, 0.5) is 0 Å². The Morgan fingerprint density at radius 2 is 1.93 bits per heavy atom. The molecule has 1 aromatic heterocycles. The van der Waals surface area contributed by atoms with E-state index in [0.717, 1.165) is 11.3 Å². The Labute approximate surface area is 103 Å². The molecule has 0 aromatic carbocycles. The van der Waals surface area contributed by atoms with E-state index in [9.17, 15) is 4.79 Å². The van der Waals surface area contributed by atoms with Crippen molar-refractivity contribution >= 4 is 40.5 Å². The lowest BCUT2D eigenvalue weighted by atomic mass is 10.1. The second-order valence-corrected chi connectivity index (χ2v) is 5.93. The van der Waals surface area contributed by atoms with Gasteiger partial charge in [0, 0.05) is 20.8 Å². The Kier molecular flexibility index (Phi) is 3.63. The topological polar surface area (TPSA) is 30.2 Å². The molecule has 0 saturated carbocycles. The zero-order valence-electron chi connectivity index (χ0n) is 8.93.